The number of fused-ring (bicyclic) bond motifs is 1. The Labute approximate surface area is 468 Å². The van der Waals surface area contributed by atoms with Crippen LogP contribution >= 0.6 is 23.1 Å². The molecule has 21 heteroatoms. The van der Waals surface area contributed by atoms with Crippen LogP contribution in [-0.4, -0.2) is 157 Å². The van der Waals surface area contributed by atoms with Crippen molar-refractivity contribution in [2.75, 3.05) is 107 Å². The van der Waals surface area contributed by atoms with Crippen molar-refractivity contribution >= 4 is 86.5 Å². The molecule has 5 aliphatic heterocycles. The first-order valence-electron chi connectivity index (χ1n) is 27.0. The summed E-state index contributed by atoms with van der Waals surface area (Å²) in [6.07, 6.45) is 9.86. The molecule has 1 unspecified atom stereocenters. The Bertz CT molecular complexity index is 3370. The first kappa shape index (κ1) is 53.9. The Morgan fingerprint density at radius 3 is 2.08 bits per heavy atom. The number of ether oxygens (including phenoxy) is 2. The number of amides is 4. The molecular formula is C58H66BrN12O7P. The molecule has 0 radical (unpaired) electrons. The number of hydrogen-bond acceptors (Lipinski definition) is 16. The molecule has 4 fully saturated rings. The predicted octanol–water partition coefficient (Wildman–Crippen LogP) is 7.96. The van der Waals surface area contributed by atoms with Crippen molar-refractivity contribution in [2.24, 2.45) is 13.0 Å². The molecule has 79 heavy (non-hydrogen) atoms. The SMILES string of the molecule is COc1cc(N2CCC(N3CCN(CC4CCN(c5cc6c(cc5OC)C(=O)N(C5CCC(=O)NC5=O)C6=O)CC4)CC3)CC2)c(-c2cnn(C)c2)cc1Nc1ncc(Br)c(Nc2ccc(-c3ccccc3)cc2P(C)(C)=O)n1. The molecule has 0 spiro atoms. The molecule has 4 aromatic carbocycles. The Morgan fingerprint density at radius 2 is 1.41 bits per heavy atom. The van der Waals surface area contributed by atoms with Crippen LogP contribution in [0.4, 0.5) is 34.5 Å². The van der Waals surface area contributed by atoms with E-state index < -0.39 is 36.8 Å². The monoisotopic (exact) mass is 1150 g/mol. The number of benzene rings is 4. The zero-order chi connectivity index (χ0) is 55.1. The summed E-state index contributed by atoms with van der Waals surface area (Å²) in [5, 5.41) is 14.4. The molecule has 6 aromatic rings. The number of carbonyl (C=O) groups excluding carboxylic acids is 4. The number of imide groups is 2. The van der Waals surface area contributed by atoms with Crippen LogP contribution in [0, 0.1) is 5.92 Å². The standard InChI is InChI=1S/C58H66BrN12O7P/c1-66-35-39(32-61-66)41-28-46(63-58-60-33-44(59)54(65-58)62-45-12-11-38(27-52(45)79(4,5)76)37-9-7-6-8-10-37)50(77-2)31-48(41)69-21-17-40(18-22-69)68-25-23-67(24-26-68)34-36-15-19-70(20-16-36)49-29-42-43(30-51(49)78-3)57(75)71(56(42)74)47-13-14-53(72)64-55(47)73/h6-12,27-33,35-36,40,47H,13-26,34H2,1-5H3,(H,64,72,73)(H2,60,62,63,65). The lowest BCUT2D eigenvalue weighted by atomic mass is 9.94. The Kier molecular flexibility index (Phi) is 15.4. The molecule has 4 saturated heterocycles. The van der Waals surface area contributed by atoms with Gasteiger partial charge in [0.1, 0.15) is 30.5 Å². The van der Waals surface area contributed by atoms with E-state index in [0.717, 1.165) is 128 Å². The molecule has 0 saturated carbocycles. The summed E-state index contributed by atoms with van der Waals surface area (Å²) in [5.74, 6) is 0.490. The van der Waals surface area contributed by atoms with Gasteiger partial charge in [0.05, 0.1) is 53.1 Å². The summed E-state index contributed by atoms with van der Waals surface area (Å²) in [6, 6.07) is 23.1. The summed E-state index contributed by atoms with van der Waals surface area (Å²) in [5.41, 5.74) is 7.77. The Hall–Kier alpha value is -7.12. The molecule has 412 valence electrons. The fraction of sp³-hybridized carbons (Fsp3) is 0.397. The van der Waals surface area contributed by atoms with Crippen molar-refractivity contribution in [2.45, 2.75) is 50.6 Å². The molecule has 0 aliphatic carbocycles. The number of hydrogen-bond donors (Lipinski definition) is 3. The summed E-state index contributed by atoms with van der Waals surface area (Å²) in [4.78, 5) is 72.1. The smallest absolute Gasteiger partial charge is 0.262 e. The van der Waals surface area contributed by atoms with Gasteiger partial charge in [-0.05, 0) is 109 Å². The summed E-state index contributed by atoms with van der Waals surface area (Å²) in [6.45, 7) is 12.1. The average Bonchev–Trinajstić information content (AvgIpc) is 4.15. The second-order valence-electron chi connectivity index (χ2n) is 21.6. The van der Waals surface area contributed by atoms with Crippen LogP contribution in [0.15, 0.2) is 95.9 Å². The lowest BCUT2D eigenvalue weighted by molar-refractivity contribution is -0.136. The zero-order valence-electron chi connectivity index (χ0n) is 45.2. The first-order valence-corrected chi connectivity index (χ1v) is 30.4. The number of aryl methyl sites for hydroxylation is 1. The minimum atomic E-state index is -2.72. The molecule has 3 N–H and O–H groups in total. The highest BCUT2D eigenvalue weighted by Gasteiger charge is 2.45. The number of piperidine rings is 3. The molecule has 4 amide bonds. The van der Waals surface area contributed by atoms with E-state index in [2.05, 4.69) is 73.7 Å². The van der Waals surface area contributed by atoms with Crippen LogP contribution in [0.5, 0.6) is 11.5 Å². The number of rotatable bonds is 15. The van der Waals surface area contributed by atoms with Crippen molar-refractivity contribution in [3.63, 3.8) is 0 Å². The van der Waals surface area contributed by atoms with E-state index in [0.29, 0.717) is 51.1 Å². The Morgan fingerprint density at radius 1 is 0.709 bits per heavy atom. The van der Waals surface area contributed by atoms with Gasteiger partial charge < -0.3 is 39.4 Å². The van der Waals surface area contributed by atoms with Crippen molar-refractivity contribution in [1.29, 1.82) is 0 Å². The average molecular weight is 1150 g/mol. The molecule has 5 aliphatic rings. The molecular weight excluding hydrogens is 1090 g/mol. The van der Waals surface area contributed by atoms with E-state index >= 15 is 0 Å². The minimum absolute atomic E-state index is 0.0693. The quantitative estimate of drug-likeness (QED) is 0.0660. The van der Waals surface area contributed by atoms with E-state index in [1.165, 1.54) is 0 Å². The maximum atomic E-state index is 13.7. The van der Waals surface area contributed by atoms with Gasteiger partial charge in [-0.2, -0.15) is 10.1 Å². The van der Waals surface area contributed by atoms with Crippen molar-refractivity contribution < 1.29 is 33.2 Å². The highest BCUT2D eigenvalue weighted by molar-refractivity contribution is 9.10. The summed E-state index contributed by atoms with van der Waals surface area (Å²) in [7, 11) is 2.45. The molecule has 1 atom stereocenters. The first-order chi connectivity index (χ1) is 38.1. The normalized spacial score (nSPS) is 19.0. The van der Waals surface area contributed by atoms with Crippen LogP contribution in [0.3, 0.4) is 0 Å². The van der Waals surface area contributed by atoms with Gasteiger partial charge in [-0.15, -0.1) is 0 Å². The number of methoxy groups -OCH3 is 2. The maximum absolute atomic E-state index is 13.7. The van der Waals surface area contributed by atoms with E-state index in [1.54, 1.807) is 45.9 Å². The van der Waals surface area contributed by atoms with Crippen molar-refractivity contribution in [1.82, 2.24) is 39.8 Å². The molecule has 19 nitrogen and oxygen atoms in total. The predicted molar refractivity (Wildman–Crippen MR) is 310 cm³/mol. The maximum Gasteiger partial charge on any atom is 0.262 e. The van der Waals surface area contributed by atoms with Crippen molar-refractivity contribution in [3.8, 4) is 33.8 Å². The van der Waals surface area contributed by atoms with Crippen LogP contribution in [0.1, 0.15) is 59.2 Å². The largest absolute Gasteiger partial charge is 0.495 e. The number of aromatic nitrogens is 4. The van der Waals surface area contributed by atoms with Gasteiger partial charge in [0.2, 0.25) is 17.8 Å². The number of nitrogens with zero attached hydrogens (tertiary/aromatic N) is 9. The third-order valence-electron chi connectivity index (χ3n) is 16.2. The Balaban J connectivity index is 0.705. The topological polar surface area (TPSA) is 200 Å². The third-order valence-corrected chi connectivity index (χ3v) is 18.3. The lowest BCUT2D eigenvalue weighted by Gasteiger charge is -2.44. The van der Waals surface area contributed by atoms with Crippen LogP contribution in [0.25, 0.3) is 22.3 Å². The minimum Gasteiger partial charge on any atom is -0.495 e. The van der Waals surface area contributed by atoms with Gasteiger partial charge in [-0.25, -0.2) is 4.98 Å². The van der Waals surface area contributed by atoms with Gasteiger partial charge in [0.15, 0.2) is 0 Å². The highest BCUT2D eigenvalue weighted by atomic mass is 79.9. The van der Waals surface area contributed by atoms with Gasteiger partial charge in [0.25, 0.3) is 11.8 Å². The number of anilines is 6. The molecule has 2 aromatic heterocycles. The van der Waals surface area contributed by atoms with Gasteiger partial charge in [0, 0.05) is 119 Å². The van der Waals surface area contributed by atoms with Crippen LogP contribution in [0.2, 0.25) is 0 Å². The fourth-order valence-electron chi connectivity index (χ4n) is 11.9. The third kappa shape index (κ3) is 11.3. The van der Waals surface area contributed by atoms with Gasteiger partial charge in [-0.1, -0.05) is 36.4 Å². The summed E-state index contributed by atoms with van der Waals surface area (Å²) < 4.78 is 28.0. The zero-order valence-corrected chi connectivity index (χ0v) is 47.7. The molecule has 0 bridgehead atoms. The van der Waals surface area contributed by atoms with Gasteiger partial charge >= 0.3 is 0 Å². The molecule has 7 heterocycles. The number of piperazine rings is 1. The van der Waals surface area contributed by atoms with E-state index in [1.807, 2.05) is 72.7 Å². The highest BCUT2D eigenvalue weighted by Crippen LogP contribution is 2.44. The summed E-state index contributed by atoms with van der Waals surface area (Å²) >= 11 is 3.65. The van der Waals surface area contributed by atoms with Gasteiger partial charge in [-0.3, -0.25) is 39.0 Å². The fourth-order valence-corrected chi connectivity index (χ4v) is 13.4. The lowest BCUT2D eigenvalue weighted by Crippen LogP contribution is -2.54. The van der Waals surface area contributed by atoms with E-state index in [-0.39, 0.29) is 24.0 Å². The number of nitrogens with one attached hydrogen (secondary N) is 3. The number of halogens is 1. The van der Waals surface area contributed by atoms with Crippen LogP contribution < -0.4 is 40.5 Å². The van der Waals surface area contributed by atoms with E-state index in [4.69, 9.17) is 14.5 Å². The second kappa shape index (κ2) is 22.6. The second-order valence-corrected chi connectivity index (χ2v) is 25.6. The van der Waals surface area contributed by atoms with Crippen LogP contribution in [-0.2, 0) is 21.2 Å². The van der Waals surface area contributed by atoms with Crippen molar-refractivity contribution in [3.05, 3.63) is 107 Å². The number of carbonyl (C=O) groups is 4. The van der Waals surface area contributed by atoms with E-state index in [9.17, 15) is 23.7 Å². The molecule has 11 rings (SSSR count).